The number of primary amides is 2. The van der Waals surface area contributed by atoms with Gasteiger partial charge in [-0.05, 0) is 12.3 Å². The molecule has 0 aromatic heterocycles. The first-order valence-corrected chi connectivity index (χ1v) is 5.08. The lowest BCUT2D eigenvalue weighted by molar-refractivity contribution is -0.127. The number of hydrogen-bond donors (Lipinski definition) is 2. The molecule has 0 rings (SSSR count). The smallest absolute Gasteiger partial charge is 0.221 e. The van der Waals surface area contributed by atoms with Crippen LogP contribution in [-0.2, 0) is 9.59 Å². The van der Waals surface area contributed by atoms with Crippen LogP contribution >= 0.6 is 0 Å². The zero-order valence-corrected chi connectivity index (χ0v) is 8.95. The van der Waals surface area contributed by atoms with Gasteiger partial charge < -0.3 is 11.5 Å². The fraction of sp³-hybridized carbons (Fsp3) is 0.800. The molecule has 4 heteroatoms. The van der Waals surface area contributed by atoms with E-state index in [0.717, 1.165) is 12.8 Å². The largest absolute Gasteiger partial charge is 0.370 e. The van der Waals surface area contributed by atoms with Crippen LogP contribution in [0.25, 0.3) is 0 Å². The first kappa shape index (κ1) is 12.9. The molecule has 0 aliphatic heterocycles. The molecule has 4 nitrogen and oxygen atoms in total. The highest BCUT2D eigenvalue weighted by atomic mass is 16.2. The summed E-state index contributed by atoms with van der Waals surface area (Å²) in [5, 5.41) is 0. The van der Waals surface area contributed by atoms with E-state index in [1.165, 1.54) is 0 Å². The zero-order valence-electron chi connectivity index (χ0n) is 8.95. The first-order valence-electron chi connectivity index (χ1n) is 5.08. The molecule has 0 aliphatic rings. The molecule has 82 valence electrons. The normalized spacial score (nSPS) is 12.8. The molecule has 2 amide bonds. The third-order valence-corrected chi connectivity index (χ3v) is 2.62. The summed E-state index contributed by atoms with van der Waals surface area (Å²) in [6.45, 7) is 4.13. The van der Waals surface area contributed by atoms with Gasteiger partial charge in [-0.1, -0.05) is 26.7 Å². The van der Waals surface area contributed by atoms with Gasteiger partial charge in [0.2, 0.25) is 11.8 Å². The third-order valence-electron chi connectivity index (χ3n) is 2.62. The molecule has 0 radical (unpaired) electrons. The third kappa shape index (κ3) is 4.84. The number of rotatable bonds is 7. The summed E-state index contributed by atoms with van der Waals surface area (Å²) in [6, 6.07) is 0. The Morgan fingerprint density at radius 1 is 1.14 bits per heavy atom. The van der Waals surface area contributed by atoms with Crippen LogP contribution in [0, 0.1) is 11.8 Å². The van der Waals surface area contributed by atoms with Gasteiger partial charge in [0.05, 0.1) is 0 Å². The standard InChI is InChI=1S/C10H20N2O2/c1-3-7(4-2)5-8(10(12)14)6-9(11)13/h7-8H,3-6H2,1-2H3,(H2,11,13)(H2,12,14). The van der Waals surface area contributed by atoms with E-state index in [0.29, 0.717) is 12.3 Å². The minimum Gasteiger partial charge on any atom is -0.370 e. The molecule has 0 aromatic rings. The van der Waals surface area contributed by atoms with Gasteiger partial charge in [0.25, 0.3) is 0 Å². The van der Waals surface area contributed by atoms with E-state index in [-0.39, 0.29) is 6.42 Å². The number of nitrogens with two attached hydrogens (primary N) is 2. The summed E-state index contributed by atoms with van der Waals surface area (Å²) in [6.07, 6.45) is 2.75. The Morgan fingerprint density at radius 2 is 1.64 bits per heavy atom. The number of carbonyl (C=O) groups is 2. The molecule has 1 atom stereocenters. The molecular weight excluding hydrogens is 180 g/mol. The summed E-state index contributed by atoms with van der Waals surface area (Å²) in [5.74, 6) is -0.820. The second kappa shape index (κ2) is 6.40. The minimum atomic E-state index is -0.459. The van der Waals surface area contributed by atoms with Crippen LogP contribution in [-0.4, -0.2) is 11.8 Å². The summed E-state index contributed by atoms with van der Waals surface area (Å²) in [7, 11) is 0. The maximum atomic E-state index is 11.0. The van der Waals surface area contributed by atoms with E-state index in [9.17, 15) is 9.59 Å². The van der Waals surface area contributed by atoms with Gasteiger partial charge in [0.1, 0.15) is 0 Å². The highest BCUT2D eigenvalue weighted by molar-refractivity contribution is 5.83. The molecule has 0 fully saturated rings. The predicted octanol–water partition coefficient (Wildman–Crippen LogP) is 0.790. The lowest BCUT2D eigenvalue weighted by Crippen LogP contribution is -2.29. The average Bonchev–Trinajstić information content (AvgIpc) is 2.11. The van der Waals surface area contributed by atoms with Crippen molar-refractivity contribution in [2.24, 2.45) is 23.3 Å². The monoisotopic (exact) mass is 200 g/mol. The minimum absolute atomic E-state index is 0.0752. The van der Waals surface area contributed by atoms with Crippen LogP contribution in [0.2, 0.25) is 0 Å². The Kier molecular flexibility index (Phi) is 5.92. The zero-order chi connectivity index (χ0) is 11.1. The summed E-state index contributed by atoms with van der Waals surface area (Å²) in [4.78, 5) is 21.7. The van der Waals surface area contributed by atoms with Crippen molar-refractivity contribution in [3.63, 3.8) is 0 Å². The van der Waals surface area contributed by atoms with Gasteiger partial charge in [0, 0.05) is 12.3 Å². The maximum absolute atomic E-state index is 11.0. The van der Waals surface area contributed by atoms with Gasteiger partial charge >= 0.3 is 0 Å². The Morgan fingerprint density at radius 3 is 1.93 bits per heavy atom. The average molecular weight is 200 g/mol. The lowest BCUT2D eigenvalue weighted by Gasteiger charge is -2.17. The molecule has 0 aromatic carbocycles. The van der Waals surface area contributed by atoms with Gasteiger partial charge in [-0.2, -0.15) is 0 Å². The molecule has 4 N–H and O–H groups in total. The predicted molar refractivity (Wildman–Crippen MR) is 55.2 cm³/mol. The van der Waals surface area contributed by atoms with Crippen LogP contribution in [0.15, 0.2) is 0 Å². The highest BCUT2D eigenvalue weighted by Gasteiger charge is 2.21. The van der Waals surface area contributed by atoms with Crippen molar-refractivity contribution in [2.75, 3.05) is 0 Å². The van der Waals surface area contributed by atoms with Crippen molar-refractivity contribution >= 4 is 11.8 Å². The van der Waals surface area contributed by atoms with E-state index in [1.807, 2.05) is 0 Å². The summed E-state index contributed by atoms with van der Waals surface area (Å²) in [5.41, 5.74) is 10.2. The van der Waals surface area contributed by atoms with E-state index in [1.54, 1.807) is 0 Å². The summed E-state index contributed by atoms with van der Waals surface area (Å²) >= 11 is 0. The van der Waals surface area contributed by atoms with E-state index in [2.05, 4.69) is 13.8 Å². The Balaban J connectivity index is 4.21. The van der Waals surface area contributed by atoms with Crippen molar-refractivity contribution in [3.05, 3.63) is 0 Å². The van der Waals surface area contributed by atoms with Crippen LogP contribution in [0.1, 0.15) is 39.5 Å². The van der Waals surface area contributed by atoms with E-state index < -0.39 is 17.7 Å². The number of carbonyl (C=O) groups excluding carboxylic acids is 2. The Labute approximate surface area is 85.0 Å². The molecular formula is C10H20N2O2. The second-order valence-electron chi connectivity index (χ2n) is 3.69. The quantitative estimate of drug-likeness (QED) is 0.636. The molecule has 1 unspecified atom stereocenters. The van der Waals surface area contributed by atoms with E-state index in [4.69, 9.17) is 11.5 Å². The fourth-order valence-electron chi connectivity index (χ4n) is 1.57. The molecule has 0 spiro atoms. The summed E-state index contributed by atoms with van der Waals surface area (Å²) < 4.78 is 0. The molecule has 0 bridgehead atoms. The van der Waals surface area contributed by atoms with Crippen molar-refractivity contribution in [1.29, 1.82) is 0 Å². The van der Waals surface area contributed by atoms with Crippen molar-refractivity contribution in [3.8, 4) is 0 Å². The molecule has 0 aliphatic carbocycles. The van der Waals surface area contributed by atoms with Crippen LogP contribution in [0.3, 0.4) is 0 Å². The van der Waals surface area contributed by atoms with Crippen molar-refractivity contribution in [1.82, 2.24) is 0 Å². The SMILES string of the molecule is CCC(CC)CC(CC(N)=O)C(N)=O. The topological polar surface area (TPSA) is 86.2 Å². The van der Waals surface area contributed by atoms with Crippen molar-refractivity contribution in [2.45, 2.75) is 39.5 Å². The Hall–Kier alpha value is -1.06. The number of amides is 2. The molecule has 0 saturated carbocycles. The van der Waals surface area contributed by atoms with Gasteiger partial charge in [0.15, 0.2) is 0 Å². The van der Waals surface area contributed by atoms with Crippen molar-refractivity contribution < 1.29 is 9.59 Å². The number of hydrogen-bond acceptors (Lipinski definition) is 2. The Bertz CT molecular complexity index is 200. The lowest BCUT2D eigenvalue weighted by atomic mass is 9.88. The van der Waals surface area contributed by atoms with Crippen LogP contribution in [0.5, 0.6) is 0 Å². The maximum Gasteiger partial charge on any atom is 0.221 e. The van der Waals surface area contributed by atoms with Crippen LogP contribution < -0.4 is 11.5 Å². The van der Waals surface area contributed by atoms with Gasteiger partial charge in [-0.15, -0.1) is 0 Å². The highest BCUT2D eigenvalue weighted by Crippen LogP contribution is 2.20. The van der Waals surface area contributed by atoms with Gasteiger partial charge in [-0.3, -0.25) is 9.59 Å². The van der Waals surface area contributed by atoms with E-state index >= 15 is 0 Å². The first-order chi connectivity index (χ1) is 6.51. The fourth-order valence-corrected chi connectivity index (χ4v) is 1.57. The molecule has 14 heavy (non-hydrogen) atoms. The second-order valence-corrected chi connectivity index (χ2v) is 3.69. The van der Waals surface area contributed by atoms with Crippen LogP contribution in [0.4, 0.5) is 0 Å². The molecule has 0 saturated heterocycles. The molecule has 0 heterocycles. The van der Waals surface area contributed by atoms with Gasteiger partial charge in [-0.25, -0.2) is 0 Å².